The Morgan fingerprint density at radius 1 is 1.25 bits per heavy atom. The van der Waals surface area contributed by atoms with Gasteiger partial charge >= 0.3 is 50.5 Å². The van der Waals surface area contributed by atoms with Gasteiger partial charge in [0.25, 0.3) is 0 Å². The van der Waals surface area contributed by atoms with Gasteiger partial charge in [-0.15, -0.1) is 0 Å². The first-order valence-corrected chi connectivity index (χ1v) is 13.9. The van der Waals surface area contributed by atoms with Crippen molar-refractivity contribution in [3.8, 4) is 0 Å². The van der Waals surface area contributed by atoms with E-state index in [2.05, 4.69) is 37.2 Å². The molecule has 30 valence electrons. The molecule has 0 radical (unpaired) electrons. The summed E-state index contributed by atoms with van der Waals surface area (Å²) in [4.78, 5) is 0. The van der Waals surface area contributed by atoms with Crippen molar-refractivity contribution in [1.29, 1.82) is 0 Å². The van der Waals surface area contributed by atoms with E-state index >= 15 is 0 Å². The van der Waals surface area contributed by atoms with Gasteiger partial charge in [0.05, 0.1) is 0 Å². The zero-order valence-corrected chi connectivity index (χ0v) is 8.52. The number of rotatable bonds is 0. The van der Waals surface area contributed by atoms with Crippen LogP contribution in [0.15, 0.2) is 0 Å². The van der Waals surface area contributed by atoms with Gasteiger partial charge in [-0.2, -0.15) is 0 Å². The third kappa shape index (κ3) is 8.91. The smallest absolute Gasteiger partial charge is 0.344 e. The molecular formula is H4I3N. The van der Waals surface area contributed by atoms with Crippen LogP contribution >= 0.6 is 50.5 Å². The molecule has 0 atom stereocenters. The molecule has 0 aliphatic rings. The van der Waals surface area contributed by atoms with Crippen molar-refractivity contribution in [3.05, 3.63) is 0 Å². The predicted molar refractivity (Wildman–Crippen MR) is 48.5 cm³/mol. The summed E-state index contributed by atoms with van der Waals surface area (Å²) in [5.41, 5.74) is 0. The Balaban J connectivity index is 0. The first-order chi connectivity index (χ1) is 1.41. The summed E-state index contributed by atoms with van der Waals surface area (Å²) in [7, 11) is 0. The number of hydrogen-bond donors (Lipinski definition) is 1. The molecule has 0 aromatic heterocycles. The zero-order chi connectivity index (χ0) is 2.71. The fourth-order valence-corrected chi connectivity index (χ4v) is 0. The maximum atomic E-state index is 2.41. The van der Waals surface area contributed by atoms with Crippen LogP contribution in [-0.4, -0.2) is 0 Å². The number of halogens is 3. The molecule has 0 amide bonds. The van der Waals surface area contributed by atoms with Crippen molar-refractivity contribution < 1.29 is 0 Å². The van der Waals surface area contributed by atoms with E-state index in [4.69, 9.17) is 0 Å². The van der Waals surface area contributed by atoms with Gasteiger partial charge in [0.2, 0.25) is 0 Å². The molecule has 1 nitrogen and oxygen atoms in total. The largest absolute Gasteiger partial charge is 0.344 e. The van der Waals surface area contributed by atoms with Crippen molar-refractivity contribution in [2.24, 2.45) is 0 Å². The SMILES string of the molecule is I[IH]I.N. The van der Waals surface area contributed by atoms with Gasteiger partial charge in [-0.3, -0.25) is 0 Å². The van der Waals surface area contributed by atoms with Gasteiger partial charge in [-0.1, -0.05) is 0 Å². The second-order valence-corrected chi connectivity index (χ2v) is 17.6. The Kier molecular flexibility index (Phi) is 21.2. The molecule has 0 saturated heterocycles. The van der Waals surface area contributed by atoms with Crippen molar-refractivity contribution in [2.75, 3.05) is 0 Å². The molecule has 4 heavy (non-hydrogen) atoms. The second-order valence-electron chi connectivity index (χ2n) is 0.0583. The maximum absolute atomic E-state index is 2.41. The maximum Gasteiger partial charge on any atom is -0.344 e. The van der Waals surface area contributed by atoms with Crippen molar-refractivity contribution in [1.82, 2.24) is 6.15 Å². The second kappa shape index (κ2) is 8.94. The molecule has 0 bridgehead atoms. The third-order valence-electron chi connectivity index (χ3n) is 0. The van der Waals surface area contributed by atoms with Crippen LogP contribution in [0.3, 0.4) is 0 Å². The molecule has 3 N–H and O–H groups in total. The average molecular weight is 399 g/mol. The molecule has 0 unspecified atom stereocenters. The topological polar surface area (TPSA) is 35.0 Å². The van der Waals surface area contributed by atoms with Crippen LogP contribution in [0.4, 0.5) is 0 Å². The van der Waals surface area contributed by atoms with Crippen molar-refractivity contribution in [2.45, 2.75) is 0 Å². The van der Waals surface area contributed by atoms with Crippen molar-refractivity contribution in [3.63, 3.8) is 0 Å². The fraction of sp³-hybridized carbons (Fsp3) is 0. The fourth-order valence-electron chi connectivity index (χ4n) is 0. The van der Waals surface area contributed by atoms with E-state index in [1.54, 1.807) is 0 Å². The van der Waals surface area contributed by atoms with Crippen LogP contribution in [0.5, 0.6) is 0 Å². The van der Waals surface area contributed by atoms with E-state index in [-0.39, 0.29) is 6.15 Å². The van der Waals surface area contributed by atoms with Gasteiger partial charge in [-0.05, 0) is 0 Å². The average Bonchev–Trinajstić information content (AvgIpc) is 0.918. The van der Waals surface area contributed by atoms with Crippen LogP contribution in [0.25, 0.3) is 0 Å². The van der Waals surface area contributed by atoms with E-state index in [0.717, 1.165) is 0 Å². The summed E-state index contributed by atoms with van der Waals surface area (Å²) < 4.78 is 0. The van der Waals surface area contributed by atoms with Crippen LogP contribution in [0.2, 0.25) is 0 Å². The van der Waals surface area contributed by atoms with E-state index in [9.17, 15) is 0 Å². The molecule has 0 saturated carbocycles. The van der Waals surface area contributed by atoms with Crippen molar-refractivity contribution >= 4 is 50.5 Å². The standard InChI is InChI=1S/HI3.H3N/c1-3-2;/h3H;1H3. The first kappa shape index (κ1) is 9.47. The minimum atomic E-state index is 0. The van der Waals surface area contributed by atoms with E-state index < -0.39 is 0 Å². The summed E-state index contributed by atoms with van der Waals surface area (Å²) in [6.45, 7) is 0. The van der Waals surface area contributed by atoms with Gasteiger partial charge < -0.3 is 6.15 Å². The summed E-state index contributed by atoms with van der Waals surface area (Å²) >= 11 is 5.22. The van der Waals surface area contributed by atoms with Gasteiger partial charge in [0.15, 0.2) is 0 Å². The quantitative estimate of drug-likeness (QED) is 0.625. The van der Waals surface area contributed by atoms with Crippen LogP contribution in [0.1, 0.15) is 0 Å². The summed E-state index contributed by atoms with van der Waals surface area (Å²) in [5.74, 6) is 0. The molecular weight excluding hydrogens is 395 g/mol. The molecule has 4 heteroatoms. The molecule has 0 aromatic carbocycles. The van der Waals surface area contributed by atoms with E-state index in [0.29, 0.717) is 13.3 Å². The van der Waals surface area contributed by atoms with Gasteiger partial charge in [0, 0.05) is 0 Å². The molecule has 0 rings (SSSR count). The normalized spacial score (nSPS) is 5.50. The Hall–Kier alpha value is 2.15. The Labute approximate surface area is 55.5 Å². The minimum Gasteiger partial charge on any atom is -0.344 e. The van der Waals surface area contributed by atoms with Gasteiger partial charge in [-0.25, -0.2) is 0 Å². The molecule has 0 spiro atoms. The van der Waals surface area contributed by atoms with Gasteiger partial charge in [0.1, 0.15) is 0 Å². The Bertz CT molecular complexity index is 3.25. The summed E-state index contributed by atoms with van der Waals surface area (Å²) in [5, 5.41) is 0. The molecule has 0 aliphatic carbocycles. The molecule has 0 aliphatic heterocycles. The Morgan fingerprint density at radius 3 is 1.25 bits per heavy atom. The van der Waals surface area contributed by atoms with E-state index in [1.807, 2.05) is 0 Å². The Morgan fingerprint density at radius 2 is 1.25 bits per heavy atom. The summed E-state index contributed by atoms with van der Waals surface area (Å²) in [6, 6.07) is 0. The monoisotopic (exact) mass is 399 g/mol. The zero-order valence-electron chi connectivity index (χ0n) is 1.87. The molecule has 0 aromatic rings. The minimum absolute atomic E-state index is 0. The predicted octanol–water partition coefficient (Wildman–Crippen LogP) is 2.55. The molecule has 0 fully saturated rings. The van der Waals surface area contributed by atoms with Crippen LogP contribution < -0.4 is 6.15 Å². The van der Waals surface area contributed by atoms with Crippen LogP contribution in [-0.2, 0) is 0 Å². The molecule has 0 heterocycles. The van der Waals surface area contributed by atoms with Crippen LogP contribution in [0, 0.1) is 0 Å². The van der Waals surface area contributed by atoms with E-state index in [1.165, 1.54) is 0 Å². The summed E-state index contributed by atoms with van der Waals surface area (Å²) in [6.07, 6.45) is 0. The number of hydrogen-bond acceptors (Lipinski definition) is 1. The first-order valence-electron chi connectivity index (χ1n) is 0.309. The third-order valence-corrected chi connectivity index (χ3v) is 0.